The summed E-state index contributed by atoms with van der Waals surface area (Å²) in [6.07, 6.45) is -4.35. The maximum atomic E-state index is 12.2. The number of hydrogen-bond acceptors (Lipinski definition) is 3. The fourth-order valence-corrected chi connectivity index (χ4v) is 1.49. The van der Waals surface area contributed by atoms with Crippen LogP contribution in [0.2, 0.25) is 0 Å². The molecule has 2 rings (SSSR count). The highest BCUT2D eigenvalue weighted by atomic mass is 19.4. The summed E-state index contributed by atoms with van der Waals surface area (Å²) >= 11 is 0. The van der Waals surface area contributed by atoms with Gasteiger partial charge in [0.05, 0.1) is 5.60 Å². The first-order valence-electron chi connectivity index (χ1n) is 4.48. The Labute approximate surface area is 83.9 Å². The van der Waals surface area contributed by atoms with Gasteiger partial charge in [0, 0.05) is 19.5 Å². The number of hydrogen-bond donors (Lipinski definition) is 2. The topological polar surface area (TPSA) is 45.4 Å². The lowest BCUT2D eigenvalue weighted by Gasteiger charge is -2.36. The number of nitrogens with one attached hydrogen (secondary N) is 1. The van der Waals surface area contributed by atoms with Gasteiger partial charge in [-0.3, -0.25) is 0 Å². The smallest absolute Gasteiger partial charge is 0.449 e. The molecule has 0 bridgehead atoms. The number of furan rings is 1. The van der Waals surface area contributed by atoms with E-state index < -0.39 is 17.5 Å². The predicted molar refractivity (Wildman–Crippen MR) is 45.2 cm³/mol. The molecule has 6 heteroatoms. The molecule has 15 heavy (non-hydrogen) atoms. The summed E-state index contributed by atoms with van der Waals surface area (Å²) in [6, 6.07) is 2.13. The van der Waals surface area contributed by atoms with Gasteiger partial charge in [0.15, 0.2) is 0 Å². The minimum atomic E-state index is -4.46. The average Bonchev–Trinajstić information content (AvgIpc) is 2.49. The van der Waals surface area contributed by atoms with Crippen molar-refractivity contribution in [3.8, 4) is 0 Å². The van der Waals surface area contributed by atoms with Gasteiger partial charge in [-0.2, -0.15) is 13.2 Å². The zero-order valence-corrected chi connectivity index (χ0v) is 7.77. The maximum Gasteiger partial charge on any atom is 0.449 e. The number of rotatable bonds is 2. The Morgan fingerprint density at radius 3 is 2.47 bits per heavy atom. The van der Waals surface area contributed by atoms with Crippen LogP contribution in [-0.4, -0.2) is 23.8 Å². The highest BCUT2D eigenvalue weighted by molar-refractivity contribution is 5.13. The molecule has 2 heterocycles. The van der Waals surface area contributed by atoms with Gasteiger partial charge in [-0.1, -0.05) is 0 Å². The number of alkyl halides is 3. The molecule has 0 spiro atoms. The first-order chi connectivity index (χ1) is 6.89. The van der Waals surface area contributed by atoms with E-state index in [1.807, 2.05) is 0 Å². The van der Waals surface area contributed by atoms with Gasteiger partial charge in [-0.05, 0) is 12.1 Å². The molecule has 3 nitrogen and oxygen atoms in total. The van der Waals surface area contributed by atoms with E-state index in [2.05, 4.69) is 9.73 Å². The monoisotopic (exact) mass is 221 g/mol. The summed E-state index contributed by atoms with van der Waals surface area (Å²) in [7, 11) is 0. The maximum absolute atomic E-state index is 12.2. The lowest BCUT2D eigenvalue weighted by atomic mass is 9.92. The zero-order valence-electron chi connectivity index (χ0n) is 7.77. The molecule has 1 aliphatic heterocycles. The van der Waals surface area contributed by atoms with Crippen molar-refractivity contribution in [1.29, 1.82) is 0 Å². The molecule has 1 aliphatic rings. The largest absolute Gasteiger partial charge is 0.456 e. The van der Waals surface area contributed by atoms with Crippen LogP contribution >= 0.6 is 0 Å². The van der Waals surface area contributed by atoms with E-state index in [9.17, 15) is 18.3 Å². The van der Waals surface area contributed by atoms with Gasteiger partial charge >= 0.3 is 6.18 Å². The first kappa shape index (κ1) is 10.5. The second kappa shape index (κ2) is 3.24. The number of aliphatic hydroxyl groups is 1. The Morgan fingerprint density at radius 1 is 1.40 bits per heavy atom. The summed E-state index contributed by atoms with van der Waals surface area (Å²) in [5.41, 5.74) is -0.958. The van der Waals surface area contributed by atoms with Crippen LogP contribution in [0, 0.1) is 0 Å². The van der Waals surface area contributed by atoms with E-state index >= 15 is 0 Å². The molecular weight excluding hydrogens is 211 g/mol. The van der Waals surface area contributed by atoms with E-state index in [-0.39, 0.29) is 12.2 Å². The van der Waals surface area contributed by atoms with Crippen LogP contribution in [0.15, 0.2) is 16.5 Å². The predicted octanol–water partition coefficient (Wildman–Crippen LogP) is 1.18. The molecule has 1 fully saturated rings. The quantitative estimate of drug-likeness (QED) is 0.788. The lowest BCUT2D eigenvalue weighted by Crippen LogP contribution is -2.60. The third kappa shape index (κ3) is 2.15. The molecule has 0 atom stereocenters. The first-order valence-corrected chi connectivity index (χ1v) is 4.48. The average molecular weight is 221 g/mol. The summed E-state index contributed by atoms with van der Waals surface area (Å²) in [5.74, 6) is -0.861. The molecule has 84 valence electrons. The molecule has 0 radical (unpaired) electrons. The molecule has 0 saturated carbocycles. The molecule has 1 aromatic rings. The second-order valence-electron chi connectivity index (χ2n) is 3.77. The van der Waals surface area contributed by atoms with Gasteiger partial charge in [-0.15, -0.1) is 0 Å². The van der Waals surface area contributed by atoms with Gasteiger partial charge in [0.1, 0.15) is 5.76 Å². The van der Waals surface area contributed by atoms with Crippen LogP contribution in [0.4, 0.5) is 13.2 Å². The minimum absolute atomic E-state index is 0.107. The zero-order chi connectivity index (χ0) is 11.1. The van der Waals surface area contributed by atoms with E-state index in [1.54, 1.807) is 0 Å². The minimum Gasteiger partial charge on any atom is -0.456 e. The highest BCUT2D eigenvalue weighted by Gasteiger charge is 2.38. The fraction of sp³-hybridized carbons (Fsp3) is 0.556. The van der Waals surface area contributed by atoms with Crippen molar-refractivity contribution in [1.82, 2.24) is 5.32 Å². The third-order valence-electron chi connectivity index (χ3n) is 2.35. The number of halogens is 3. The molecule has 1 aromatic heterocycles. The van der Waals surface area contributed by atoms with Gasteiger partial charge in [-0.25, -0.2) is 0 Å². The Kier molecular flexibility index (Phi) is 2.27. The van der Waals surface area contributed by atoms with Gasteiger partial charge in [0.2, 0.25) is 5.76 Å². The van der Waals surface area contributed by atoms with Crippen LogP contribution < -0.4 is 5.32 Å². The molecule has 0 unspecified atom stereocenters. The standard InChI is InChI=1S/C9H10F3NO2/c10-9(11,12)7-2-1-6(15-7)3-8(14)4-13-5-8/h1-2,13-14H,3-5H2. The molecule has 2 N–H and O–H groups in total. The molecule has 1 saturated heterocycles. The second-order valence-corrected chi connectivity index (χ2v) is 3.77. The van der Waals surface area contributed by atoms with E-state index in [4.69, 9.17) is 0 Å². The normalized spacial score (nSPS) is 20.0. The SMILES string of the molecule is OC1(Cc2ccc(C(F)(F)F)o2)CNC1. The van der Waals surface area contributed by atoms with E-state index in [0.717, 1.165) is 6.07 Å². The Hall–Kier alpha value is -1.01. The van der Waals surface area contributed by atoms with Gasteiger partial charge < -0.3 is 14.8 Å². The van der Waals surface area contributed by atoms with Crippen molar-refractivity contribution in [3.05, 3.63) is 23.7 Å². The van der Waals surface area contributed by atoms with Crippen LogP contribution in [0.3, 0.4) is 0 Å². The molecule has 0 amide bonds. The van der Waals surface area contributed by atoms with Crippen molar-refractivity contribution in [3.63, 3.8) is 0 Å². The third-order valence-corrected chi connectivity index (χ3v) is 2.35. The summed E-state index contributed by atoms with van der Waals surface area (Å²) in [4.78, 5) is 0. The van der Waals surface area contributed by atoms with Crippen molar-refractivity contribution < 1.29 is 22.7 Å². The van der Waals surface area contributed by atoms with Crippen molar-refractivity contribution in [2.24, 2.45) is 0 Å². The highest BCUT2D eigenvalue weighted by Crippen LogP contribution is 2.31. The summed E-state index contributed by atoms with van der Waals surface area (Å²) < 4.78 is 41.1. The fourth-order valence-electron chi connectivity index (χ4n) is 1.49. The summed E-state index contributed by atoms with van der Waals surface area (Å²) in [5, 5.41) is 12.5. The van der Waals surface area contributed by atoms with Crippen molar-refractivity contribution >= 4 is 0 Å². The molecular formula is C9H10F3NO2. The van der Waals surface area contributed by atoms with Gasteiger partial charge in [0.25, 0.3) is 0 Å². The van der Waals surface area contributed by atoms with Crippen LogP contribution in [0.5, 0.6) is 0 Å². The van der Waals surface area contributed by atoms with Crippen LogP contribution in [0.1, 0.15) is 11.5 Å². The Morgan fingerprint density at radius 2 is 2.07 bits per heavy atom. The van der Waals surface area contributed by atoms with Crippen molar-refractivity contribution in [2.45, 2.75) is 18.2 Å². The van der Waals surface area contributed by atoms with Crippen LogP contribution in [-0.2, 0) is 12.6 Å². The van der Waals surface area contributed by atoms with E-state index in [0.29, 0.717) is 13.1 Å². The Balaban J connectivity index is 2.07. The summed E-state index contributed by atoms with van der Waals surface area (Å²) in [6.45, 7) is 0.768. The van der Waals surface area contributed by atoms with Crippen LogP contribution in [0.25, 0.3) is 0 Å². The Bertz CT molecular complexity index is 354. The molecule has 0 aliphatic carbocycles. The number of β-amino-alcohol motifs (C(OH)–C–C–N with tert-alkyl or cyclic N) is 1. The van der Waals surface area contributed by atoms with Crippen molar-refractivity contribution in [2.75, 3.05) is 13.1 Å². The van der Waals surface area contributed by atoms with E-state index in [1.165, 1.54) is 6.07 Å². The lowest BCUT2D eigenvalue weighted by molar-refractivity contribution is -0.153. The molecule has 0 aromatic carbocycles.